The van der Waals surface area contributed by atoms with Crippen molar-refractivity contribution in [2.24, 2.45) is 0 Å². The van der Waals surface area contributed by atoms with Gasteiger partial charge in [0.15, 0.2) is 0 Å². The van der Waals surface area contributed by atoms with Gasteiger partial charge in [0.2, 0.25) is 11.9 Å². The fraction of sp³-hybridized carbons (Fsp3) is 0.750. The number of carbonyl (C=O) groups excluding carboxylic acids is 2. The van der Waals surface area contributed by atoms with Gasteiger partial charge in [0.05, 0.1) is 6.61 Å². The molecule has 1 amide bonds. The highest BCUT2D eigenvalue weighted by Gasteiger charge is 2.46. The SMILES string of the molecule is CCOC(=O)[C@H](NC(=O)CC)C(F)(F)F. The molecule has 0 aromatic heterocycles. The number of amides is 1. The van der Waals surface area contributed by atoms with Crippen molar-refractivity contribution in [3.63, 3.8) is 0 Å². The molecule has 4 nitrogen and oxygen atoms in total. The monoisotopic (exact) mass is 227 g/mol. The van der Waals surface area contributed by atoms with Crippen LogP contribution in [-0.4, -0.2) is 30.7 Å². The van der Waals surface area contributed by atoms with E-state index in [-0.39, 0.29) is 13.0 Å². The first-order valence-corrected chi connectivity index (χ1v) is 4.35. The minimum absolute atomic E-state index is 0.133. The number of nitrogens with one attached hydrogen (secondary N) is 1. The van der Waals surface area contributed by atoms with Crippen LogP contribution in [0.15, 0.2) is 0 Å². The fourth-order valence-electron chi connectivity index (χ4n) is 0.763. The van der Waals surface area contributed by atoms with E-state index in [0.717, 1.165) is 0 Å². The van der Waals surface area contributed by atoms with Crippen molar-refractivity contribution in [3.05, 3.63) is 0 Å². The Morgan fingerprint density at radius 2 is 1.87 bits per heavy atom. The van der Waals surface area contributed by atoms with E-state index in [2.05, 4.69) is 4.74 Å². The fourth-order valence-corrected chi connectivity index (χ4v) is 0.763. The molecular weight excluding hydrogens is 215 g/mol. The van der Waals surface area contributed by atoms with E-state index in [4.69, 9.17) is 0 Å². The molecule has 0 aliphatic rings. The molecule has 0 heterocycles. The Hall–Kier alpha value is -1.27. The summed E-state index contributed by atoms with van der Waals surface area (Å²) in [6.45, 7) is 2.59. The second-order valence-corrected chi connectivity index (χ2v) is 2.65. The summed E-state index contributed by atoms with van der Waals surface area (Å²) in [6, 6.07) is -2.58. The summed E-state index contributed by atoms with van der Waals surface area (Å²) in [5.74, 6) is -2.35. The van der Waals surface area contributed by atoms with Gasteiger partial charge in [0, 0.05) is 6.42 Å². The van der Waals surface area contributed by atoms with Crippen molar-refractivity contribution in [2.75, 3.05) is 6.61 Å². The molecule has 0 radical (unpaired) electrons. The molecular formula is C8H12F3NO3. The lowest BCUT2D eigenvalue weighted by atomic mass is 10.2. The molecule has 7 heteroatoms. The highest BCUT2D eigenvalue weighted by Crippen LogP contribution is 2.21. The Kier molecular flexibility index (Phi) is 5.10. The third-order valence-electron chi connectivity index (χ3n) is 1.48. The van der Waals surface area contributed by atoms with Gasteiger partial charge in [-0.3, -0.25) is 4.79 Å². The van der Waals surface area contributed by atoms with E-state index >= 15 is 0 Å². The molecule has 0 aromatic rings. The van der Waals surface area contributed by atoms with Gasteiger partial charge in [-0.25, -0.2) is 4.79 Å². The summed E-state index contributed by atoms with van der Waals surface area (Å²) in [5, 5.41) is 1.55. The number of esters is 1. The maximum atomic E-state index is 12.3. The van der Waals surface area contributed by atoms with Crippen molar-refractivity contribution in [2.45, 2.75) is 32.5 Å². The molecule has 0 spiro atoms. The zero-order chi connectivity index (χ0) is 12.1. The lowest BCUT2D eigenvalue weighted by molar-refractivity contribution is -0.185. The van der Waals surface area contributed by atoms with Crippen molar-refractivity contribution < 1.29 is 27.5 Å². The maximum Gasteiger partial charge on any atom is 0.419 e. The minimum Gasteiger partial charge on any atom is -0.464 e. The smallest absolute Gasteiger partial charge is 0.419 e. The molecule has 0 fully saturated rings. The summed E-state index contributed by atoms with van der Waals surface area (Å²) in [7, 11) is 0. The van der Waals surface area contributed by atoms with Crippen LogP contribution in [0.25, 0.3) is 0 Å². The predicted molar refractivity (Wildman–Crippen MR) is 44.9 cm³/mol. The van der Waals surface area contributed by atoms with E-state index in [1.54, 1.807) is 5.32 Å². The molecule has 0 saturated heterocycles. The topological polar surface area (TPSA) is 55.4 Å². The number of carbonyl (C=O) groups is 2. The van der Waals surface area contributed by atoms with E-state index in [9.17, 15) is 22.8 Å². The molecule has 0 unspecified atom stereocenters. The van der Waals surface area contributed by atoms with Gasteiger partial charge < -0.3 is 10.1 Å². The second-order valence-electron chi connectivity index (χ2n) is 2.65. The van der Waals surface area contributed by atoms with Crippen LogP contribution in [0.1, 0.15) is 20.3 Å². The van der Waals surface area contributed by atoms with E-state index in [0.29, 0.717) is 0 Å². The molecule has 0 rings (SSSR count). The van der Waals surface area contributed by atoms with Gasteiger partial charge in [0.25, 0.3) is 0 Å². The molecule has 0 aliphatic carbocycles. The molecule has 0 aromatic carbocycles. The zero-order valence-corrected chi connectivity index (χ0v) is 8.35. The number of hydrogen-bond donors (Lipinski definition) is 1. The summed E-state index contributed by atoms with van der Waals surface area (Å²) in [5.41, 5.74) is 0. The lowest BCUT2D eigenvalue weighted by Gasteiger charge is -2.19. The average Bonchev–Trinajstić information content (AvgIpc) is 2.12. The quantitative estimate of drug-likeness (QED) is 0.729. The Morgan fingerprint density at radius 1 is 1.33 bits per heavy atom. The normalized spacial score (nSPS) is 13.1. The third-order valence-corrected chi connectivity index (χ3v) is 1.48. The Bertz CT molecular complexity index is 240. The first-order chi connectivity index (χ1) is 6.82. The van der Waals surface area contributed by atoms with Gasteiger partial charge in [-0.05, 0) is 6.92 Å². The largest absolute Gasteiger partial charge is 0.464 e. The van der Waals surface area contributed by atoms with Gasteiger partial charge in [0.1, 0.15) is 0 Å². The predicted octanol–water partition coefficient (Wildman–Crippen LogP) is 1.01. The summed E-state index contributed by atoms with van der Waals surface area (Å²) in [6.07, 6.45) is -4.97. The molecule has 88 valence electrons. The van der Waals surface area contributed by atoms with Crippen LogP contribution in [-0.2, 0) is 14.3 Å². The van der Waals surface area contributed by atoms with Gasteiger partial charge in [-0.15, -0.1) is 0 Å². The molecule has 0 bridgehead atoms. The Balaban J connectivity index is 4.59. The van der Waals surface area contributed by atoms with Crippen LogP contribution >= 0.6 is 0 Å². The van der Waals surface area contributed by atoms with Crippen LogP contribution in [0.2, 0.25) is 0 Å². The Labute approximate surface area is 84.8 Å². The summed E-state index contributed by atoms with van der Waals surface area (Å²) < 4.78 is 41.0. The van der Waals surface area contributed by atoms with E-state index in [1.807, 2.05) is 0 Å². The number of ether oxygens (including phenoxy) is 1. The van der Waals surface area contributed by atoms with Crippen molar-refractivity contribution in [1.82, 2.24) is 5.32 Å². The van der Waals surface area contributed by atoms with Crippen LogP contribution in [0.5, 0.6) is 0 Å². The zero-order valence-electron chi connectivity index (χ0n) is 8.35. The third kappa shape index (κ3) is 4.66. The standard InChI is InChI=1S/C8H12F3NO3/c1-3-5(13)12-6(8(9,10)11)7(14)15-4-2/h6H,3-4H2,1-2H3,(H,12,13)/t6-/m0/s1. The lowest BCUT2D eigenvalue weighted by Crippen LogP contribution is -2.51. The highest BCUT2D eigenvalue weighted by molar-refractivity contribution is 5.84. The number of rotatable bonds is 4. The Morgan fingerprint density at radius 3 is 2.20 bits per heavy atom. The van der Waals surface area contributed by atoms with Crippen LogP contribution in [0.3, 0.4) is 0 Å². The van der Waals surface area contributed by atoms with Crippen LogP contribution in [0, 0.1) is 0 Å². The minimum atomic E-state index is -4.84. The van der Waals surface area contributed by atoms with Crippen molar-refractivity contribution in [3.8, 4) is 0 Å². The second kappa shape index (κ2) is 5.57. The van der Waals surface area contributed by atoms with Crippen LogP contribution < -0.4 is 5.32 Å². The molecule has 1 atom stereocenters. The van der Waals surface area contributed by atoms with Gasteiger partial charge in [-0.2, -0.15) is 13.2 Å². The average molecular weight is 227 g/mol. The summed E-state index contributed by atoms with van der Waals surface area (Å²) >= 11 is 0. The first kappa shape index (κ1) is 13.7. The molecule has 0 saturated carbocycles. The van der Waals surface area contributed by atoms with E-state index < -0.39 is 24.1 Å². The van der Waals surface area contributed by atoms with Crippen LogP contribution in [0.4, 0.5) is 13.2 Å². The first-order valence-electron chi connectivity index (χ1n) is 4.35. The number of hydrogen-bond acceptors (Lipinski definition) is 3. The van der Waals surface area contributed by atoms with Crippen molar-refractivity contribution >= 4 is 11.9 Å². The number of halogens is 3. The summed E-state index contributed by atoms with van der Waals surface area (Å²) in [4.78, 5) is 21.6. The molecule has 1 N–H and O–H groups in total. The number of alkyl halides is 3. The van der Waals surface area contributed by atoms with Gasteiger partial charge in [-0.1, -0.05) is 6.92 Å². The molecule has 0 aliphatic heterocycles. The van der Waals surface area contributed by atoms with Crippen molar-refractivity contribution in [1.29, 1.82) is 0 Å². The van der Waals surface area contributed by atoms with E-state index in [1.165, 1.54) is 13.8 Å². The maximum absolute atomic E-state index is 12.3. The highest BCUT2D eigenvalue weighted by atomic mass is 19.4. The van der Waals surface area contributed by atoms with Gasteiger partial charge >= 0.3 is 12.1 Å². The molecule has 15 heavy (non-hydrogen) atoms.